The smallest absolute Gasteiger partial charge is 0.268 e. The lowest BCUT2D eigenvalue weighted by Crippen LogP contribution is -2.24. The summed E-state index contributed by atoms with van der Waals surface area (Å²) in [4.78, 5) is 11.4. The molecule has 0 aliphatic carbocycles. The molecule has 0 unspecified atom stereocenters. The Hall–Kier alpha value is -1.07. The molecule has 1 aromatic rings. The molecule has 1 aromatic carbocycles. The summed E-state index contributed by atoms with van der Waals surface area (Å²) in [5.74, 6) is -0.517. The zero-order valence-corrected chi connectivity index (χ0v) is 8.76. The first-order valence-electron chi connectivity index (χ1n) is 3.77. The summed E-state index contributed by atoms with van der Waals surface area (Å²) in [5.41, 5.74) is 0.178. The average Bonchev–Trinajstić information content (AvgIpc) is 2.29. The Morgan fingerprint density at radius 3 is 2.64 bits per heavy atom. The number of hydrogen-bond donors (Lipinski definition) is 0. The van der Waals surface area contributed by atoms with Crippen LogP contribution in [0.4, 0.5) is 0 Å². The number of rotatable bonds is 0. The van der Waals surface area contributed by atoms with Gasteiger partial charge < -0.3 is 0 Å². The van der Waals surface area contributed by atoms with E-state index >= 15 is 0 Å². The van der Waals surface area contributed by atoms with Crippen molar-refractivity contribution in [2.24, 2.45) is 0 Å². The summed E-state index contributed by atoms with van der Waals surface area (Å²) in [7, 11) is -2.43. The molecule has 0 N–H and O–H groups in total. The third-order valence-corrected chi connectivity index (χ3v) is 4.11. The fourth-order valence-electron chi connectivity index (χ4n) is 1.31. The molecule has 4 nitrogen and oxygen atoms in total. The van der Waals surface area contributed by atoms with Crippen molar-refractivity contribution in [1.29, 1.82) is 0 Å². The lowest BCUT2D eigenvalue weighted by atomic mass is 10.2. The molecule has 0 spiro atoms. The third-order valence-electron chi connectivity index (χ3n) is 2.10. The standard InChI is InChI=1S/C8H6ClNO3S/c1-10-8(11)6-3-2-5(9)4-7(6)14(10,12)13/h2-4H,1H3. The number of hydrogen-bond acceptors (Lipinski definition) is 3. The van der Waals surface area contributed by atoms with Gasteiger partial charge in [0.15, 0.2) is 0 Å². The molecular weight excluding hydrogens is 226 g/mol. The fourth-order valence-corrected chi connectivity index (χ4v) is 2.87. The summed E-state index contributed by atoms with van der Waals surface area (Å²) < 4.78 is 23.9. The van der Waals surface area contributed by atoms with E-state index in [1.165, 1.54) is 25.2 Å². The summed E-state index contributed by atoms with van der Waals surface area (Å²) in [6, 6.07) is 4.20. The first kappa shape index (κ1) is 9.48. The van der Waals surface area contributed by atoms with Crippen LogP contribution in [0.15, 0.2) is 23.1 Å². The summed E-state index contributed by atoms with van der Waals surface area (Å²) in [5, 5.41) is 0.301. The SMILES string of the molecule is CN1C(=O)c2ccc(Cl)cc2S1(=O)=O. The minimum Gasteiger partial charge on any atom is -0.268 e. The van der Waals surface area contributed by atoms with Gasteiger partial charge in [0.1, 0.15) is 4.90 Å². The lowest BCUT2D eigenvalue weighted by molar-refractivity contribution is 0.0891. The molecule has 1 heterocycles. The molecule has 1 amide bonds. The van der Waals surface area contributed by atoms with Gasteiger partial charge in [-0.05, 0) is 18.2 Å². The van der Waals surface area contributed by atoms with E-state index in [1.54, 1.807) is 0 Å². The maximum Gasteiger partial charge on any atom is 0.268 e. The molecule has 14 heavy (non-hydrogen) atoms. The number of carbonyl (C=O) groups is 1. The van der Waals surface area contributed by atoms with E-state index in [2.05, 4.69) is 0 Å². The highest BCUT2D eigenvalue weighted by Crippen LogP contribution is 2.30. The van der Waals surface area contributed by atoms with Gasteiger partial charge in [-0.25, -0.2) is 12.7 Å². The van der Waals surface area contributed by atoms with Crippen LogP contribution in [0, 0.1) is 0 Å². The van der Waals surface area contributed by atoms with Crippen LogP contribution < -0.4 is 0 Å². The Morgan fingerprint density at radius 2 is 2.00 bits per heavy atom. The Balaban J connectivity index is 2.82. The van der Waals surface area contributed by atoms with Crippen LogP contribution in [-0.2, 0) is 10.0 Å². The number of halogens is 1. The highest BCUT2D eigenvalue weighted by molar-refractivity contribution is 7.90. The average molecular weight is 232 g/mol. The van der Waals surface area contributed by atoms with E-state index in [4.69, 9.17) is 11.6 Å². The quantitative estimate of drug-likeness (QED) is 0.672. The van der Waals surface area contributed by atoms with Crippen molar-refractivity contribution < 1.29 is 13.2 Å². The van der Waals surface area contributed by atoms with Crippen molar-refractivity contribution in [3.8, 4) is 0 Å². The lowest BCUT2D eigenvalue weighted by Gasteiger charge is -2.05. The van der Waals surface area contributed by atoms with Crippen LogP contribution in [0.1, 0.15) is 10.4 Å². The molecule has 2 rings (SSSR count). The Bertz CT molecular complexity index is 523. The molecule has 0 aromatic heterocycles. The third kappa shape index (κ3) is 1.06. The molecule has 0 saturated heterocycles. The van der Waals surface area contributed by atoms with Gasteiger partial charge in [0.2, 0.25) is 0 Å². The molecule has 6 heteroatoms. The van der Waals surface area contributed by atoms with E-state index in [0.717, 1.165) is 0 Å². The first-order chi connectivity index (χ1) is 6.44. The van der Waals surface area contributed by atoms with Crippen molar-refractivity contribution in [1.82, 2.24) is 4.31 Å². The molecule has 1 aliphatic rings. The van der Waals surface area contributed by atoms with Gasteiger partial charge >= 0.3 is 0 Å². The van der Waals surface area contributed by atoms with Crippen molar-refractivity contribution in [3.63, 3.8) is 0 Å². The number of fused-ring (bicyclic) bond motifs is 1. The van der Waals surface area contributed by atoms with Gasteiger partial charge in [-0.3, -0.25) is 4.79 Å². The normalized spacial score (nSPS) is 18.4. The van der Waals surface area contributed by atoms with Gasteiger partial charge in [0, 0.05) is 12.1 Å². The number of sulfonamides is 1. The summed E-state index contributed by atoms with van der Waals surface area (Å²) in [6.07, 6.45) is 0. The first-order valence-corrected chi connectivity index (χ1v) is 5.59. The molecule has 1 aliphatic heterocycles. The number of amides is 1. The van der Waals surface area contributed by atoms with Gasteiger partial charge in [-0.15, -0.1) is 0 Å². The van der Waals surface area contributed by atoms with Crippen molar-refractivity contribution >= 4 is 27.5 Å². The van der Waals surface area contributed by atoms with E-state index in [-0.39, 0.29) is 10.5 Å². The summed E-state index contributed by atoms with van der Waals surface area (Å²) in [6.45, 7) is 0. The van der Waals surface area contributed by atoms with Crippen molar-refractivity contribution in [2.75, 3.05) is 7.05 Å². The molecule has 74 valence electrons. The minimum atomic E-state index is -3.66. The second kappa shape index (κ2) is 2.71. The second-order valence-corrected chi connectivity index (χ2v) is 5.29. The van der Waals surface area contributed by atoms with Gasteiger partial charge in [0.05, 0.1) is 5.56 Å². The number of nitrogens with zero attached hydrogens (tertiary/aromatic N) is 1. The Kier molecular flexibility index (Phi) is 1.84. The maximum absolute atomic E-state index is 11.6. The molecule has 0 atom stereocenters. The molecule has 0 bridgehead atoms. The largest absolute Gasteiger partial charge is 0.268 e. The molecule has 0 fully saturated rings. The highest BCUT2D eigenvalue weighted by atomic mass is 35.5. The molecule has 0 saturated carbocycles. The van der Waals surface area contributed by atoms with Crippen molar-refractivity contribution in [3.05, 3.63) is 28.8 Å². The second-order valence-electron chi connectivity index (χ2n) is 2.92. The van der Waals surface area contributed by atoms with E-state index in [9.17, 15) is 13.2 Å². The molecule has 0 radical (unpaired) electrons. The minimum absolute atomic E-state index is 0.0162. The predicted octanol–water partition coefficient (Wildman–Crippen LogP) is 1.11. The zero-order valence-electron chi connectivity index (χ0n) is 7.19. The Labute approximate surface area is 86.1 Å². The number of benzene rings is 1. The number of carbonyl (C=O) groups excluding carboxylic acids is 1. The van der Waals surface area contributed by atoms with Crippen LogP contribution in [0.3, 0.4) is 0 Å². The highest BCUT2D eigenvalue weighted by Gasteiger charge is 2.38. The Morgan fingerprint density at radius 1 is 1.36 bits per heavy atom. The monoisotopic (exact) mass is 231 g/mol. The summed E-state index contributed by atoms with van der Waals surface area (Å²) >= 11 is 5.65. The maximum atomic E-state index is 11.6. The van der Waals surface area contributed by atoms with Crippen LogP contribution in [0.2, 0.25) is 5.02 Å². The van der Waals surface area contributed by atoms with E-state index in [1.807, 2.05) is 0 Å². The van der Waals surface area contributed by atoms with Crippen LogP contribution in [0.5, 0.6) is 0 Å². The van der Waals surface area contributed by atoms with Gasteiger partial charge in [0.25, 0.3) is 15.9 Å². The molecular formula is C8H6ClNO3S. The fraction of sp³-hybridized carbons (Fsp3) is 0.125. The van der Waals surface area contributed by atoms with E-state index < -0.39 is 15.9 Å². The van der Waals surface area contributed by atoms with Crippen LogP contribution in [0.25, 0.3) is 0 Å². The topological polar surface area (TPSA) is 54.5 Å². The zero-order chi connectivity index (χ0) is 10.5. The van der Waals surface area contributed by atoms with Gasteiger partial charge in [-0.2, -0.15) is 0 Å². The van der Waals surface area contributed by atoms with Crippen LogP contribution >= 0.6 is 11.6 Å². The van der Waals surface area contributed by atoms with Gasteiger partial charge in [-0.1, -0.05) is 11.6 Å². The van der Waals surface area contributed by atoms with Crippen LogP contribution in [-0.4, -0.2) is 25.7 Å². The van der Waals surface area contributed by atoms with E-state index in [0.29, 0.717) is 9.33 Å². The van der Waals surface area contributed by atoms with Crippen molar-refractivity contribution in [2.45, 2.75) is 4.90 Å². The predicted molar refractivity (Wildman–Crippen MR) is 50.7 cm³/mol.